The average molecular weight is 696 g/mol. The van der Waals surface area contributed by atoms with E-state index in [1.165, 1.54) is 19.4 Å². The van der Waals surface area contributed by atoms with Crippen LogP contribution in [0.15, 0.2) is 126 Å². The molecule has 0 spiro atoms. The van der Waals surface area contributed by atoms with Crippen LogP contribution in [0.1, 0.15) is 22.9 Å². The van der Waals surface area contributed by atoms with Crippen molar-refractivity contribution in [3.63, 3.8) is 0 Å². The largest absolute Gasteiger partial charge is 0.497 e. The van der Waals surface area contributed by atoms with Crippen LogP contribution >= 0.6 is 0 Å². The van der Waals surface area contributed by atoms with Crippen molar-refractivity contribution >= 4 is 11.7 Å². The van der Waals surface area contributed by atoms with Crippen LogP contribution in [0.25, 0.3) is 0 Å². The van der Waals surface area contributed by atoms with E-state index in [1.54, 1.807) is 38.5 Å². The maximum Gasteiger partial charge on any atom is 0.351 e. The molecule has 5 aromatic rings. The molecule has 1 aliphatic heterocycles. The van der Waals surface area contributed by atoms with E-state index in [-0.39, 0.29) is 19.0 Å². The molecule has 4 unspecified atom stereocenters. The quantitative estimate of drug-likeness (QED) is 0.150. The monoisotopic (exact) mass is 695 g/mol. The zero-order chi connectivity index (χ0) is 35.8. The molecule has 4 aromatic carbocycles. The number of anilines is 1. The molecular weight excluding hydrogens is 657 g/mol. The molecule has 1 saturated heterocycles. The van der Waals surface area contributed by atoms with Gasteiger partial charge < -0.3 is 33.7 Å². The van der Waals surface area contributed by atoms with Gasteiger partial charge in [0.05, 0.1) is 20.8 Å². The Morgan fingerprint density at radius 3 is 1.92 bits per heavy atom. The number of carbonyl (C=O) groups is 1. The van der Waals surface area contributed by atoms with Crippen LogP contribution in [-0.4, -0.2) is 68.4 Å². The SMILES string of the molecule is COc1ccc(C(OCC2OC(n3ccc(NC(=O)COc4ccccc4)nc3=O)C(F)C2OC)(c2ccccc2)c2ccc(OC)cc2)cc1. The van der Waals surface area contributed by atoms with Crippen molar-refractivity contribution in [2.45, 2.75) is 30.2 Å². The summed E-state index contributed by atoms with van der Waals surface area (Å²) >= 11 is 0. The van der Waals surface area contributed by atoms with E-state index >= 15 is 4.39 Å². The van der Waals surface area contributed by atoms with Crippen LogP contribution < -0.4 is 25.2 Å². The smallest absolute Gasteiger partial charge is 0.351 e. The number of amides is 1. The molecule has 6 rings (SSSR count). The van der Waals surface area contributed by atoms with Gasteiger partial charge in [0.15, 0.2) is 19.0 Å². The first-order valence-electron chi connectivity index (χ1n) is 16.2. The predicted molar refractivity (Wildman–Crippen MR) is 187 cm³/mol. The minimum atomic E-state index is -1.75. The Hall–Kier alpha value is -5.56. The highest BCUT2D eigenvalue weighted by Gasteiger charge is 2.49. The molecular formula is C39H38FN3O8. The van der Waals surface area contributed by atoms with Crippen molar-refractivity contribution in [1.82, 2.24) is 9.55 Å². The van der Waals surface area contributed by atoms with Crippen LogP contribution in [0.5, 0.6) is 17.2 Å². The number of hydrogen-bond donors (Lipinski definition) is 1. The fourth-order valence-corrected chi connectivity index (χ4v) is 6.14. The third kappa shape index (κ3) is 7.63. The van der Waals surface area contributed by atoms with Gasteiger partial charge in [-0.25, -0.2) is 9.18 Å². The second-order valence-electron chi connectivity index (χ2n) is 11.7. The number of rotatable bonds is 14. The summed E-state index contributed by atoms with van der Waals surface area (Å²) in [7, 11) is 4.57. The molecule has 1 aromatic heterocycles. The normalized spacial score (nSPS) is 18.6. The number of nitrogens with one attached hydrogen (secondary N) is 1. The minimum absolute atomic E-state index is 0.0129. The second kappa shape index (κ2) is 16.0. The minimum Gasteiger partial charge on any atom is -0.497 e. The Bertz CT molecular complexity index is 1890. The van der Waals surface area contributed by atoms with Crippen molar-refractivity contribution < 1.29 is 37.6 Å². The van der Waals surface area contributed by atoms with Crippen molar-refractivity contribution in [3.05, 3.63) is 149 Å². The van der Waals surface area contributed by atoms with Crippen LogP contribution in [0.3, 0.4) is 0 Å². The van der Waals surface area contributed by atoms with Gasteiger partial charge in [0, 0.05) is 13.3 Å². The molecule has 1 amide bonds. The van der Waals surface area contributed by atoms with Crippen molar-refractivity contribution in [1.29, 1.82) is 0 Å². The van der Waals surface area contributed by atoms with Gasteiger partial charge in [0.1, 0.15) is 40.9 Å². The highest BCUT2D eigenvalue weighted by molar-refractivity contribution is 5.90. The molecule has 4 atom stereocenters. The van der Waals surface area contributed by atoms with Gasteiger partial charge in [-0.1, -0.05) is 72.8 Å². The van der Waals surface area contributed by atoms with E-state index in [0.29, 0.717) is 17.2 Å². The molecule has 0 bridgehead atoms. The Morgan fingerprint density at radius 1 is 0.804 bits per heavy atom. The molecule has 1 fully saturated rings. The lowest BCUT2D eigenvalue weighted by atomic mass is 9.80. The van der Waals surface area contributed by atoms with Gasteiger partial charge in [-0.2, -0.15) is 4.98 Å². The summed E-state index contributed by atoms with van der Waals surface area (Å²) in [6.07, 6.45) is -3.83. The number of benzene rings is 4. The van der Waals surface area contributed by atoms with Gasteiger partial charge in [-0.15, -0.1) is 0 Å². The van der Waals surface area contributed by atoms with E-state index in [9.17, 15) is 9.59 Å². The van der Waals surface area contributed by atoms with Crippen molar-refractivity contribution in [2.75, 3.05) is 39.9 Å². The summed E-state index contributed by atoms with van der Waals surface area (Å²) in [5.41, 5.74) is 0.372. The first-order chi connectivity index (χ1) is 24.9. The van der Waals surface area contributed by atoms with E-state index in [4.69, 9.17) is 28.4 Å². The fraction of sp³-hybridized carbons (Fsp3) is 0.256. The van der Waals surface area contributed by atoms with E-state index in [0.717, 1.165) is 21.3 Å². The van der Waals surface area contributed by atoms with Gasteiger partial charge >= 0.3 is 5.69 Å². The van der Waals surface area contributed by atoms with Crippen LogP contribution in [-0.2, 0) is 24.6 Å². The molecule has 0 aliphatic carbocycles. The third-order valence-corrected chi connectivity index (χ3v) is 8.66. The van der Waals surface area contributed by atoms with Gasteiger partial charge in [-0.3, -0.25) is 9.36 Å². The Morgan fingerprint density at radius 2 is 1.37 bits per heavy atom. The lowest BCUT2D eigenvalue weighted by Crippen LogP contribution is -2.39. The Labute approximate surface area is 294 Å². The zero-order valence-corrected chi connectivity index (χ0v) is 28.3. The first kappa shape index (κ1) is 35.3. The fourth-order valence-electron chi connectivity index (χ4n) is 6.14. The summed E-state index contributed by atoms with van der Waals surface area (Å²) in [5.74, 6) is 1.32. The maximum absolute atomic E-state index is 16.1. The summed E-state index contributed by atoms with van der Waals surface area (Å²) in [6.45, 7) is -0.415. The summed E-state index contributed by atoms with van der Waals surface area (Å²) < 4.78 is 52.1. The maximum atomic E-state index is 16.1. The summed E-state index contributed by atoms with van der Waals surface area (Å²) in [6, 6.07) is 34.9. The number of nitrogens with zero attached hydrogens (tertiary/aromatic N) is 2. The highest BCUT2D eigenvalue weighted by Crippen LogP contribution is 2.43. The van der Waals surface area contributed by atoms with E-state index < -0.39 is 41.8 Å². The molecule has 0 radical (unpaired) electrons. The molecule has 1 N–H and O–H groups in total. The number of carbonyl (C=O) groups excluding carboxylic acids is 1. The zero-order valence-electron chi connectivity index (χ0n) is 28.3. The number of para-hydroxylation sites is 1. The van der Waals surface area contributed by atoms with Gasteiger partial charge in [0.25, 0.3) is 5.91 Å². The van der Waals surface area contributed by atoms with Crippen LogP contribution in [0.4, 0.5) is 10.2 Å². The van der Waals surface area contributed by atoms with Crippen molar-refractivity contribution in [2.24, 2.45) is 0 Å². The second-order valence-corrected chi connectivity index (χ2v) is 11.7. The number of aromatic nitrogens is 2. The molecule has 264 valence electrons. The standard InChI is InChI=1S/C39H38FN3O8/c1-46-29-18-14-27(15-19-29)39(26-10-6-4-7-11-26,28-16-20-30(47-2)21-17-28)50-24-32-36(48-3)35(40)37(51-32)43-23-22-33(42-38(43)45)41-34(44)25-49-31-12-8-5-9-13-31/h4-23,32,35-37H,24-25H2,1-3H3,(H,41,42,44,45). The Balaban J connectivity index is 1.25. The number of methoxy groups -OCH3 is 3. The molecule has 2 heterocycles. The molecule has 0 saturated carbocycles. The van der Waals surface area contributed by atoms with E-state index in [1.807, 2.05) is 84.9 Å². The van der Waals surface area contributed by atoms with E-state index in [2.05, 4.69) is 10.3 Å². The number of hydrogen-bond acceptors (Lipinski definition) is 9. The average Bonchev–Trinajstić information content (AvgIpc) is 3.49. The summed E-state index contributed by atoms with van der Waals surface area (Å²) in [4.78, 5) is 29.5. The topological polar surface area (TPSA) is 119 Å². The van der Waals surface area contributed by atoms with Crippen LogP contribution in [0, 0.1) is 0 Å². The van der Waals surface area contributed by atoms with Gasteiger partial charge in [0.2, 0.25) is 0 Å². The third-order valence-electron chi connectivity index (χ3n) is 8.66. The Kier molecular flexibility index (Phi) is 11.1. The molecule has 51 heavy (non-hydrogen) atoms. The molecule has 12 heteroatoms. The van der Waals surface area contributed by atoms with Crippen LogP contribution in [0.2, 0.25) is 0 Å². The number of halogens is 1. The highest BCUT2D eigenvalue weighted by atomic mass is 19.1. The summed E-state index contributed by atoms with van der Waals surface area (Å²) in [5, 5.41) is 2.53. The molecule has 1 aliphatic rings. The predicted octanol–water partition coefficient (Wildman–Crippen LogP) is 5.54. The number of alkyl halides is 1. The van der Waals surface area contributed by atoms with Gasteiger partial charge in [-0.05, 0) is 59.2 Å². The lowest BCUT2D eigenvalue weighted by Gasteiger charge is -2.37. The number of ether oxygens (including phenoxy) is 6. The first-order valence-corrected chi connectivity index (χ1v) is 16.2. The van der Waals surface area contributed by atoms with Crippen molar-refractivity contribution in [3.8, 4) is 17.2 Å². The lowest BCUT2D eigenvalue weighted by molar-refractivity contribution is -0.118. The molecule has 11 nitrogen and oxygen atoms in total.